The highest BCUT2D eigenvalue weighted by atomic mass is 16.3. The Morgan fingerprint density at radius 1 is 1.47 bits per heavy atom. The molecule has 0 aromatic heterocycles. The Bertz CT molecular complexity index is 432. The van der Waals surface area contributed by atoms with Crippen LogP contribution in [0.4, 0.5) is 0 Å². The van der Waals surface area contributed by atoms with Crippen LogP contribution < -0.4 is 5.73 Å². The van der Waals surface area contributed by atoms with Crippen LogP contribution in [0.3, 0.4) is 0 Å². The second kappa shape index (κ2) is 7.14. The number of aryl methyl sites for hydroxylation is 1. The third kappa shape index (κ3) is 4.56. The van der Waals surface area contributed by atoms with Crippen molar-refractivity contribution < 1.29 is 9.90 Å². The molecular formula is C15H24N2O2. The number of primary amides is 1. The predicted octanol–water partition coefficient (Wildman–Crippen LogP) is 2.35. The predicted molar refractivity (Wildman–Crippen MR) is 76.9 cm³/mol. The van der Waals surface area contributed by atoms with Crippen molar-refractivity contribution in [2.45, 2.75) is 39.7 Å². The fourth-order valence-corrected chi connectivity index (χ4v) is 2.17. The molecule has 0 radical (unpaired) electrons. The molecule has 106 valence electrons. The molecule has 1 atom stereocenters. The Morgan fingerprint density at radius 3 is 2.68 bits per heavy atom. The van der Waals surface area contributed by atoms with Gasteiger partial charge in [-0.05, 0) is 38.4 Å². The lowest BCUT2D eigenvalue weighted by molar-refractivity contribution is -0.119. The third-order valence-electron chi connectivity index (χ3n) is 3.34. The highest BCUT2D eigenvalue weighted by molar-refractivity contribution is 5.76. The number of aromatic hydroxyl groups is 1. The first-order valence-electron chi connectivity index (χ1n) is 6.77. The van der Waals surface area contributed by atoms with Gasteiger partial charge >= 0.3 is 0 Å². The minimum atomic E-state index is -0.338. The first-order chi connectivity index (χ1) is 8.95. The van der Waals surface area contributed by atoms with E-state index in [1.54, 1.807) is 6.07 Å². The summed E-state index contributed by atoms with van der Waals surface area (Å²) in [6.07, 6.45) is 2.06. The number of carbonyl (C=O) groups excluding carboxylic acids is 1. The van der Waals surface area contributed by atoms with Gasteiger partial charge in [-0.2, -0.15) is 0 Å². The van der Waals surface area contributed by atoms with E-state index in [4.69, 9.17) is 5.73 Å². The van der Waals surface area contributed by atoms with Gasteiger partial charge in [0.1, 0.15) is 5.75 Å². The molecule has 0 heterocycles. The van der Waals surface area contributed by atoms with Gasteiger partial charge < -0.3 is 10.8 Å². The molecular weight excluding hydrogens is 240 g/mol. The highest BCUT2D eigenvalue weighted by Crippen LogP contribution is 2.29. The summed E-state index contributed by atoms with van der Waals surface area (Å²) in [6, 6.07) is 5.59. The molecule has 1 aromatic rings. The fraction of sp³-hybridized carbons (Fsp3) is 0.533. The number of hydrogen-bond acceptors (Lipinski definition) is 3. The van der Waals surface area contributed by atoms with Gasteiger partial charge in [0.15, 0.2) is 0 Å². The average Bonchev–Trinajstić information content (AvgIpc) is 2.33. The molecule has 0 aliphatic heterocycles. The van der Waals surface area contributed by atoms with E-state index in [-0.39, 0.29) is 24.2 Å². The summed E-state index contributed by atoms with van der Waals surface area (Å²) in [5.41, 5.74) is 7.15. The molecule has 0 saturated heterocycles. The number of nitrogens with zero attached hydrogens (tertiary/aromatic N) is 1. The standard InChI is InChI=1S/C15H24N2O2/c1-4-5-8-17(10-15(16)19)12(3)13-7-6-11(2)9-14(13)18/h6-7,9,12,18H,4-5,8,10H2,1-3H3,(H2,16,19). The first-order valence-corrected chi connectivity index (χ1v) is 6.77. The molecule has 0 spiro atoms. The first kappa shape index (κ1) is 15.5. The van der Waals surface area contributed by atoms with E-state index in [1.165, 1.54) is 0 Å². The Morgan fingerprint density at radius 2 is 2.16 bits per heavy atom. The summed E-state index contributed by atoms with van der Waals surface area (Å²) in [4.78, 5) is 13.2. The fourth-order valence-electron chi connectivity index (χ4n) is 2.17. The maximum Gasteiger partial charge on any atom is 0.231 e. The maximum absolute atomic E-state index is 11.2. The minimum Gasteiger partial charge on any atom is -0.508 e. The van der Waals surface area contributed by atoms with Crippen LogP contribution in [0.25, 0.3) is 0 Å². The van der Waals surface area contributed by atoms with Gasteiger partial charge in [-0.15, -0.1) is 0 Å². The highest BCUT2D eigenvalue weighted by Gasteiger charge is 2.19. The topological polar surface area (TPSA) is 66.6 Å². The van der Waals surface area contributed by atoms with Crippen molar-refractivity contribution in [3.63, 3.8) is 0 Å². The summed E-state index contributed by atoms with van der Waals surface area (Å²) in [6.45, 7) is 7.05. The summed E-state index contributed by atoms with van der Waals surface area (Å²) in [5.74, 6) is -0.0620. The van der Waals surface area contributed by atoms with Crippen LogP contribution in [-0.2, 0) is 4.79 Å². The molecule has 19 heavy (non-hydrogen) atoms. The molecule has 4 heteroatoms. The Kier molecular flexibility index (Phi) is 5.83. The van der Waals surface area contributed by atoms with E-state index in [9.17, 15) is 9.90 Å². The van der Waals surface area contributed by atoms with E-state index in [1.807, 2.05) is 30.9 Å². The number of carbonyl (C=O) groups is 1. The van der Waals surface area contributed by atoms with Gasteiger partial charge in [0.05, 0.1) is 6.54 Å². The molecule has 0 saturated carbocycles. The van der Waals surface area contributed by atoms with Crippen LogP contribution in [0, 0.1) is 6.92 Å². The van der Waals surface area contributed by atoms with E-state index in [0.29, 0.717) is 0 Å². The number of hydrogen-bond donors (Lipinski definition) is 2. The average molecular weight is 264 g/mol. The van der Waals surface area contributed by atoms with Crippen LogP contribution in [0.1, 0.15) is 43.9 Å². The molecule has 3 N–H and O–H groups in total. The summed E-state index contributed by atoms with van der Waals surface area (Å²) < 4.78 is 0. The van der Waals surface area contributed by atoms with Crippen molar-refractivity contribution in [2.75, 3.05) is 13.1 Å². The largest absolute Gasteiger partial charge is 0.508 e. The lowest BCUT2D eigenvalue weighted by Gasteiger charge is -2.28. The quantitative estimate of drug-likeness (QED) is 0.794. The lowest BCUT2D eigenvalue weighted by Crippen LogP contribution is -2.36. The van der Waals surface area contributed by atoms with E-state index in [2.05, 4.69) is 6.92 Å². The van der Waals surface area contributed by atoms with Crippen LogP contribution in [0.5, 0.6) is 5.75 Å². The Hall–Kier alpha value is -1.55. The van der Waals surface area contributed by atoms with Crippen molar-refractivity contribution in [3.8, 4) is 5.75 Å². The summed E-state index contributed by atoms with van der Waals surface area (Å²) in [7, 11) is 0. The van der Waals surface area contributed by atoms with Gasteiger partial charge in [0.25, 0.3) is 0 Å². The van der Waals surface area contributed by atoms with Crippen molar-refractivity contribution in [1.29, 1.82) is 0 Å². The maximum atomic E-state index is 11.2. The number of nitrogens with two attached hydrogens (primary N) is 1. The molecule has 1 rings (SSSR count). The molecule has 0 fully saturated rings. The van der Waals surface area contributed by atoms with Crippen LogP contribution in [0.15, 0.2) is 18.2 Å². The van der Waals surface area contributed by atoms with Crippen molar-refractivity contribution in [1.82, 2.24) is 4.90 Å². The number of amides is 1. The van der Waals surface area contributed by atoms with E-state index in [0.717, 1.165) is 30.5 Å². The zero-order chi connectivity index (χ0) is 14.4. The smallest absolute Gasteiger partial charge is 0.231 e. The van der Waals surface area contributed by atoms with Gasteiger partial charge in [0, 0.05) is 11.6 Å². The number of phenols is 1. The lowest BCUT2D eigenvalue weighted by atomic mass is 10.0. The zero-order valence-electron chi connectivity index (χ0n) is 12.0. The van der Waals surface area contributed by atoms with Gasteiger partial charge in [0.2, 0.25) is 5.91 Å². The molecule has 1 unspecified atom stereocenters. The van der Waals surface area contributed by atoms with Crippen molar-refractivity contribution in [3.05, 3.63) is 29.3 Å². The minimum absolute atomic E-state index is 0.0281. The second-order valence-electron chi connectivity index (χ2n) is 5.03. The number of phenolic OH excluding ortho intramolecular Hbond substituents is 1. The number of unbranched alkanes of at least 4 members (excludes halogenated alkanes) is 1. The molecule has 0 aliphatic carbocycles. The van der Waals surface area contributed by atoms with Crippen LogP contribution in [0.2, 0.25) is 0 Å². The molecule has 4 nitrogen and oxygen atoms in total. The van der Waals surface area contributed by atoms with E-state index >= 15 is 0 Å². The van der Waals surface area contributed by atoms with Crippen molar-refractivity contribution >= 4 is 5.91 Å². The van der Waals surface area contributed by atoms with Gasteiger partial charge in [-0.1, -0.05) is 25.5 Å². The van der Waals surface area contributed by atoms with Crippen LogP contribution >= 0.6 is 0 Å². The number of benzene rings is 1. The van der Waals surface area contributed by atoms with Crippen LogP contribution in [-0.4, -0.2) is 29.0 Å². The summed E-state index contributed by atoms with van der Waals surface area (Å²) in [5, 5.41) is 10.0. The Balaban J connectivity index is 2.90. The normalized spacial score (nSPS) is 12.6. The molecule has 0 bridgehead atoms. The SMILES string of the molecule is CCCCN(CC(N)=O)C(C)c1ccc(C)cc1O. The second-order valence-corrected chi connectivity index (χ2v) is 5.03. The third-order valence-corrected chi connectivity index (χ3v) is 3.34. The molecule has 1 amide bonds. The van der Waals surface area contributed by atoms with E-state index < -0.39 is 0 Å². The molecule has 1 aromatic carbocycles. The van der Waals surface area contributed by atoms with Gasteiger partial charge in [-0.25, -0.2) is 0 Å². The number of rotatable bonds is 7. The van der Waals surface area contributed by atoms with Gasteiger partial charge in [-0.3, -0.25) is 9.69 Å². The Labute approximate surface area is 115 Å². The zero-order valence-corrected chi connectivity index (χ0v) is 12.0. The van der Waals surface area contributed by atoms with Crippen molar-refractivity contribution in [2.24, 2.45) is 5.73 Å². The monoisotopic (exact) mass is 264 g/mol. The molecule has 0 aliphatic rings. The summed E-state index contributed by atoms with van der Waals surface area (Å²) >= 11 is 0.